The van der Waals surface area contributed by atoms with E-state index in [1.165, 1.54) is 6.92 Å². The molecule has 1 aliphatic carbocycles. The Hall–Kier alpha value is -3.08. The molecule has 1 saturated carbocycles. The van der Waals surface area contributed by atoms with E-state index in [1.807, 2.05) is 90.2 Å². The number of hydrogen-bond acceptors (Lipinski definition) is 10. The molecule has 1 saturated heterocycles. The number of aromatic nitrogens is 2. The molecule has 3 aromatic rings. The lowest BCUT2D eigenvalue weighted by Crippen LogP contribution is -2.51. The molecule has 2 aromatic carbocycles. The first-order valence-corrected chi connectivity index (χ1v) is 21.1. The second-order valence-electron chi connectivity index (χ2n) is 16.0. The maximum absolute atomic E-state index is 13.6. The number of phosphoric ester groups is 1. The van der Waals surface area contributed by atoms with Crippen molar-refractivity contribution < 1.29 is 40.9 Å². The van der Waals surface area contributed by atoms with Crippen molar-refractivity contribution >= 4 is 34.5 Å². The molecular weight excluding hydrogens is 705 g/mol. The Morgan fingerprint density at radius 3 is 2.21 bits per heavy atom. The first-order chi connectivity index (χ1) is 24.2. The first kappa shape index (κ1) is 40.1. The van der Waals surface area contributed by atoms with Crippen molar-refractivity contribution in [2.75, 3.05) is 19.5 Å². The van der Waals surface area contributed by atoms with Crippen molar-refractivity contribution in [1.29, 1.82) is 0 Å². The van der Waals surface area contributed by atoms with E-state index in [9.17, 15) is 17.8 Å². The van der Waals surface area contributed by atoms with Crippen LogP contribution in [0.25, 0.3) is 10.9 Å². The second kappa shape index (κ2) is 15.3. The average molecular weight is 758 g/mol. The summed E-state index contributed by atoms with van der Waals surface area (Å²) in [4.78, 5) is 18.4. The minimum atomic E-state index is -3.82. The summed E-state index contributed by atoms with van der Waals surface area (Å²) in [5, 5.41) is 5.42. The number of benzene rings is 2. The van der Waals surface area contributed by atoms with Gasteiger partial charge in [0.1, 0.15) is 0 Å². The minimum Gasteiger partial charge on any atom is -0.350 e. The van der Waals surface area contributed by atoms with Crippen LogP contribution < -0.4 is 5.48 Å². The van der Waals surface area contributed by atoms with Crippen LogP contribution in [-0.4, -0.2) is 65.8 Å². The Bertz CT molecular complexity index is 1940. The lowest BCUT2D eigenvalue weighted by molar-refractivity contribution is -0.201. The molecule has 284 valence electrons. The van der Waals surface area contributed by atoms with E-state index in [-0.39, 0.29) is 25.0 Å². The molecule has 2 fully saturated rings. The zero-order valence-corrected chi connectivity index (χ0v) is 33.2. The van der Waals surface area contributed by atoms with Crippen molar-refractivity contribution in [1.82, 2.24) is 15.3 Å². The number of fused-ring (bicyclic) bond motifs is 1. The van der Waals surface area contributed by atoms with E-state index in [0.717, 1.165) is 59.5 Å². The van der Waals surface area contributed by atoms with Gasteiger partial charge < -0.3 is 4.74 Å². The van der Waals surface area contributed by atoms with Gasteiger partial charge in [0.05, 0.1) is 23.3 Å². The van der Waals surface area contributed by atoms with Gasteiger partial charge in [-0.2, -0.15) is 5.10 Å². The molecule has 0 bridgehead atoms. The van der Waals surface area contributed by atoms with Crippen molar-refractivity contribution in [3.8, 4) is 11.8 Å². The van der Waals surface area contributed by atoms with Crippen LogP contribution in [0.15, 0.2) is 48.7 Å². The SMILES string of the molecule is CC(C)(C)OP(=O)(OCC1(c2ccc(C#Cc3ccc4nn(CC[C@](C)(C(=O)NOC5CCCCO5)S(C)(=O)=O)cc4c3)cc2)CC1)OC(C)(C)C. The monoisotopic (exact) mass is 757 g/mol. The van der Waals surface area contributed by atoms with Crippen LogP contribution in [0.2, 0.25) is 0 Å². The minimum absolute atomic E-state index is 0.00862. The Labute approximate surface area is 307 Å². The number of phosphoric acid groups is 1. The maximum atomic E-state index is 13.6. The third-order valence-electron chi connectivity index (χ3n) is 9.06. The highest BCUT2D eigenvalue weighted by Gasteiger charge is 2.48. The molecular formula is C38H52N3O9PS. The van der Waals surface area contributed by atoms with Crippen molar-refractivity contribution in [2.45, 2.75) is 121 Å². The van der Waals surface area contributed by atoms with Gasteiger partial charge in [0.2, 0.25) is 0 Å². The highest BCUT2D eigenvalue weighted by molar-refractivity contribution is 7.92. The standard InChI is InChI=1S/C38H52N3O9PS/c1-35(2,3)49-51(43,50-36(4,5)6)47-27-38(20-21-38)31-17-14-28(15-18-31)12-13-29-16-19-32-30(25-29)26-41(39-32)23-22-37(7,52(8,44)45)34(42)40-48-33-11-9-10-24-46-33/h14-19,25-26,33H,9-11,20-24,27H2,1-8H3,(H,40,42)/t33?,37-/m1/s1. The predicted octanol–water partition coefficient (Wildman–Crippen LogP) is 6.99. The van der Waals surface area contributed by atoms with Gasteiger partial charge in [0.25, 0.3) is 5.91 Å². The summed E-state index contributed by atoms with van der Waals surface area (Å²) >= 11 is 0. The molecule has 1 aromatic heterocycles. The molecule has 1 unspecified atom stereocenters. The summed E-state index contributed by atoms with van der Waals surface area (Å²) in [6.07, 6.45) is 6.53. The van der Waals surface area contributed by atoms with Gasteiger partial charge in [0.15, 0.2) is 20.9 Å². The van der Waals surface area contributed by atoms with Gasteiger partial charge >= 0.3 is 7.82 Å². The number of nitrogens with one attached hydrogen (secondary N) is 1. The normalized spacial score (nSPS) is 19.0. The van der Waals surface area contributed by atoms with Gasteiger partial charge in [-0.1, -0.05) is 24.0 Å². The average Bonchev–Trinajstić information content (AvgIpc) is 3.74. The summed E-state index contributed by atoms with van der Waals surface area (Å²) in [5.41, 5.74) is 4.10. The molecule has 52 heavy (non-hydrogen) atoms. The van der Waals surface area contributed by atoms with Crippen molar-refractivity contribution in [3.63, 3.8) is 0 Å². The van der Waals surface area contributed by atoms with E-state index in [2.05, 4.69) is 22.4 Å². The first-order valence-electron chi connectivity index (χ1n) is 17.7. The molecule has 14 heteroatoms. The van der Waals surface area contributed by atoms with Gasteiger partial charge in [-0.3, -0.25) is 23.0 Å². The van der Waals surface area contributed by atoms with Crippen LogP contribution in [0, 0.1) is 11.8 Å². The van der Waals surface area contributed by atoms with Gasteiger partial charge in [-0.05, 0) is 116 Å². The number of carbonyl (C=O) groups is 1. The number of ether oxygens (including phenoxy) is 1. The van der Waals surface area contributed by atoms with Crippen LogP contribution in [0.5, 0.6) is 0 Å². The molecule has 1 amide bonds. The molecule has 1 N–H and O–H groups in total. The molecule has 2 aliphatic rings. The topological polar surface area (TPSA) is 144 Å². The number of rotatable bonds is 13. The Balaban J connectivity index is 1.21. The summed E-state index contributed by atoms with van der Waals surface area (Å²) in [5.74, 6) is 5.70. The summed E-state index contributed by atoms with van der Waals surface area (Å²) < 4.78 is 62.0. The molecule has 5 rings (SSSR count). The third-order valence-corrected chi connectivity index (χ3v) is 13.1. The molecule has 0 radical (unpaired) electrons. The van der Waals surface area contributed by atoms with Crippen LogP contribution in [-0.2, 0) is 54.3 Å². The quantitative estimate of drug-likeness (QED) is 0.110. The predicted molar refractivity (Wildman–Crippen MR) is 199 cm³/mol. The number of nitrogens with zero attached hydrogens (tertiary/aromatic N) is 2. The molecule has 2 atom stereocenters. The fourth-order valence-electron chi connectivity index (χ4n) is 5.76. The smallest absolute Gasteiger partial charge is 0.350 e. The number of sulfone groups is 1. The molecule has 12 nitrogen and oxygen atoms in total. The van der Waals surface area contributed by atoms with E-state index >= 15 is 0 Å². The van der Waals surface area contributed by atoms with Crippen molar-refractivity contribution in [2.24, 2.45) is 0 Å². The lowest BCUT2D eigenvalue weighted by Gasteiger charge is -2.32. The Kier molecular flexibility index (Phi) is 11.8. The van der Waals surface area contributed by atoms with Gasteiger partial charge in [-0.25, -0.2) is 23.3 Å². The zero-order valence-electron chi connectivity index (χ0n) is 31.5. The lowest BCUT2D eigenvalue weighted by atomic mass is 9.96. The summed E-state index contributed by atoms with van der Waals surface area (Å²) in [6.45, 7) is 13.3. The molecule has 1 aliphatic heterocycles. The number of amides is 1. The van der Waals surface area contributed by atoms with E-state index < -0.39 is 45.8 Å². The fourth-order valence-corrected chi connectivity index (χ4v) is 8.49. The summed E-state index contributed by atoms with van der Waals surface area (Å²) in [7, 11) is -7.62. The number of carbonyl (C=O) groups excluding carboxylic acids is 1. The van der Waals surface area contributed by atoms with Crippen LogP contribution in [0.3, 0.4) is 0 Å². The van der Waals surface area contributed by atoms with Crippen molar-refractivity contribution in [3.05, 3.63) is 65.4 Å². The highest BCUT2D eigenvalue weighted by atomic mass is 32.2. The van der Waals surface area contributed by atoms with E-state index in [0.29, 0.717) is 13.0 Å². The van der Waals surface area contributed by atoms with Gasteiger partial charge in [0, 0.05) is 54.0 Å². The number of hydrogen-bond donors (Lipinski definition) is 1. The molecule has 0 spiro atoms. The maximum Gasteiger partial charge on any atom is 0.475 e. The third kappa shape index (κ3) is 10.5. The Morgan fingerprint density at radius 1 is 1.00 bits per heavy atom. The van der Waals surface area contributed by atoms with E-state index in [4.69, 9.17) is 23.1 Å². The second-order valence-corrected chi connectivity index (χ2v) is 20.0. The van der Waals surface area contributed by atoms with Crippen LogP contribution >= 0.6 is 7.82 Å². The zero-order chi connectivity index (χ0) is 38.0. The largest absolute Gasteiger partial charge is 0.475 e. The highest BCUT2D eigenvalue weighted by Crippen LogP contribution is 2.59. The van der Waals surface area contributed by atoms with Crippen LogP contribution in [0.1, 0.15) is 104 Å². The molecule has 2 heterocycles. The van der Waals surface area contributed by atoms with Gasteiger partial charge in [-0.15, -0.1) is 0 Å². The fraction of sp³-hybridized carbons (Fsp3) is 0.579. The van der Waals surface area contributed by atoms with Crippen LogP contribution in [0.4, 0.5) is 0 Å². The number of aryl methyl sites for hydroxylation is 1. The van der Waals surface area contributed by atoms with E-state index in [1.54, 1.807) is 4.68 Å². The summed E-state index contributed by atoms with van der Waals surface area (Å²) in [6, 6.07) is 13.7. The number of hydroxylamine groups is 1. The Morgan fingerprint density at radius 2 is 1.63 bits per heavy atom.